The zero-order valence-electron chi connectivity index (χ0n) is 17.5. The number of aliphatic imine (C=N–C) groups is 1. The van der Waals surface area contributed by atoms with Gasteiger partial charge in [0, 0.05) is 11.6 Å². The first kappa shape index (κ1) is 20.6. The molecule has 2 heterocycles. The summed E-state index contributed by atoms with van der Waals surface area (Å²) in [6.07, 6.45) is 9.66. The first-order valence-corrected chi connectivity index (χ1v) is 10.4. The van der Waals surface area contributed by atoms with Crippen LogP contribution in [0.3, 0.4) is 0 Å². The number of benzene rings is 1. The van der Waals surface area contributed by atoms with Gasteiger partial charge in [-0.15, -0.1) is 0 Å². The van der Waals surface area contributed by atoms with Gasteiger partial charge in [-0.2, -0.15) is 0 Å². The molecule has 8 heteroatoms. The number of nitrogens with two attached hydrogens (primary N) is 2. The van der Waals surface area contributed by atoms with Crippen LogP contribution in [0.25, 0.3) is 23.1 Å². The molecule has 160 valence electrons. The Morgan fingerprint density at radius 1 is 1.13 bits per heavy atom. The van der Waals surface area contributed by atoms with E-state index in [-0.39, 0.29) is 18.0 Å². The molecule has 0 bridgehead atoms. The molecule has 1 aliphatic carbocycles. The Hall–Kier alpha value is -3.68. The van der Waals surface area contributed by atoms with Crippen molar-refractivity contribution in [3.05, 3.63) is 54.1 Å². The number of hydrogen-bond acceptors (Lipinski definition) is 6. The maximum atomic E-state index is 5.67. The fraction of sp³-hybridized carbons (Fsp3) is 0.304. The summed E-state index contributed by atoms with van der Waals surface area (Å²) in [7, 11) is 1.65. The first-order chi connectivity index (χ1) is 15.1. The van der Waals surface area contributed by atoms with Crippen molar-refractivity contribution in [2.45, 2.75) is 37.8 Å². The lowest BCUT2D eigenvalue weighted by molar-refractivity contribution is 0.405. The molecule has 31 heavy (non-hydrogen) atoms. The quantitative estimate of drug-likeness (QED) is 0.415. The van der Waals surface area contributed by atoms with E-state index in [9.17, 15) is 0 Å². The highest BCUT2D eigenvalue weighted by atomic mass is 16.5. The first-order valence-electron chi connectivity index (χ1n) is 10.4. The van der Waals surface area contributed by atoms with Crippen LogP contribution in [0, 0.1) is 0 Å². The standard InChI is InChI=1S/C23H27N7O/c1-31-16-10-11-18-17(14-16)22(28-19-7-2-3-8-20(19)29-23(24)25)30-21(27-18)12-9-15-6-4-5-13-26-15/h4-6,9-14,19-20H,2-3,7-8H2,1H3,(H4,24,25,29)(H,27,28,30)/b12-9-. The monoisotopic (exact) mass is 417 g/mol. The van der Waals surface area contributed by atoms with E-state index in [1.165, 1.54) is 0 Å². The third kappa shape index (κ3) is 5.09. The number of ether oxygens (including phenoxy) is 1. The molecule has 1 saturated carbocycles. The second-order valence-electron chi connectivity index (χ2n) is 7.56. The topological polar surface area (TPSA) is 124 Å². The van der Waals surface area contributed by atoms with E-state index in [1.54, 1.807) is 13.3 Å². The molecular weight excluding hydrogens is 390 g/mol. The molecule has 0 radical (unpaired) electrons. The van der Waals surface area contributed by atoms with Gasteiger partial charge in [0.2, 0.25) is 0 Å². The number of methoxy groups -OCH3 is 1. The van der Waals surface area contributed by atoms with Gasteiger partial charge in [-0.3, -0.25) is 4.98 Å². The number of hydrogen-bond donors (Lipinski definition) is 3. The summed E-state index contributed by atoms with van der Waals surface area (Å²) in [6.45, 7) is 0. The number of fused-ring (bicyclic) bond motifs is 1. The van der Waals surface area contributed by atoms with Gasteiger partial charge in [0.05, 0.1) is 30.4 Å². The van der Waals surface area contributed by atoms with Gasteiger partial charge >= 0.3 is 0 Å². The molecule has 0 spiro atoms. The van der Waals surface area contributed by atoms with Crippen molar-refractivity contribution in [1.82, 2.24) is 15.0 Å². The molecule has 1 aromatic carbocycles. The minimum atomic E-state index is 0.0156. The number of nitrogens with zero attached hydrogens (tertiary/aromatic N) is 4. The second kappa shape index (κ2) is 9.42. The summed E-state index contributed by atoms with van der Waals surface area (Å²) in [5.74, 6) is 2.21. The summed E-state index contributed by atoms with van der Waals surface area (Å²) < 4.78 is 5.42. The van der Waals surface area contributed by atoms with Crippen molar-refractivity contribution in [2.75, 3.05) is 12.4 Å². The molecule has 2 aromatic heterocycles. The average Bonchev–Trinajstić information content (AvgIpc) is 2.79. The molecule has 0 amide bonds. The van der Waals surface area contributed by atoms with Gasteiger partial charge in [0.1, 0.15) is 11.6 Å². The van der Waals surface area contributed by atoms with Crippen LogP contribution in [0.15, 0.2) is 47.6 Å². The zero-order chi connectivity index (χ0) is 21.6. The van der Waals surface area contributed by atoms with Crippen LogP contribution in [-0.2, 0) is 0 Å². The predicted octanol–water partition coefficient (Wildman–Crippen LogP) is 3.20. The Bertz CT molecular complexity index is 1090. The van der Waals surface area contributed by atoms with Crippen molar-refractivity contribution in [3.8, 4) is 5.75 Å². The van der Waals surface area contributed by atoms with Crippen LogP contribution in [0.4, 0.5) is 5.82 Å². The molecule has 5 N–H and O–H groups in total. The van der Waals surface area contributed by atoms with Crippen LogP contribution in [0.1, 0.15) is 37.2 Å². The van der Waals surface area contributed by atoms with Gasteiger partial charge in [-0.25, -0.2) is 15.0 Å². The highest BCUT2D eigenvalue weighted by molar-refractivity contribution is 5.91. The predicted molar refractivity (Wildman–Crippen MR) is 125 cm³/mol. The minimum absolute atomic E-state index is 0.0156. The SMILES string of the molecule is COc1ccc2nc(/C=C\c3ccccn3)nc(NC3CCCCC3N=C(N)N)c2c1. The molecule has 1 aliphatic rings. The Morgan fingerprint density at radius 3 is 2.77 bits per heavy atom. The minimum Gasteiger partial charge on any atom is -0.497 e. The van der Waals surface area contributed by atoms with Crippen LogP contribution in [0.5, 0.6) is 5.75 Å². The second-order valence-corrected chi connectivity index (χ2v) is 7.56. The molecule has 2 unspecified atom stereocenters. The number of anilines is 1. The number of guanidine groups is 1. The zero-order valence-corrected chi connectivity index (χ0v) is 17.5. The third-order valence-electron chi connectivity index (χ3n) is 5.38. The lowest BCUT2D eigenvalue weighted by atomic mass is 9.90. The summed E-state index contributed by atoms with van der Waals surface area (Å²) in [4.78, 5) is 18.3. The lowest BCUT2D eigenvalue weighted by Crippen LogP contribution is -2.38. The number of nitrogens with one attached hydrogen (secondary N) is 1. The Labute approximate surface area is 181 Å². The normalized spacial score (nSPS) is 18.7. The highest BCUT2D eigenvalue weighted by Crippen LogP contribution is 2.29. The van der Waals surface area contributed by atoms with Crippen molar-refractivity contribution in [3.63, 3.8) is 0 Å². The Morgan fingerprint density at radius 2 is 2.00 bits per heavy atom. The number of pyridine rings is 1. The number of aromatic nitrogens is 3. The van der Waals surface area contributed by atoms with E-state index in [0.717, 1.165) is 53.8 Å². The maximum Gasteiger partial charge on any atom is 0.186 e. The van der Waals surface area contributed by atoms with Crippen molar-refractivity contribution >= 4 is 34.8 Å². The van der Waals surface area contributed by atoms with Crippen LogP contribution in [-0.4, -0.2) is 40.1 Å². The van der Waals surface area contributed by atoms with Crippen LogP contribution >= 0.6 is 0 Å². The lowest BCUT2D eigenvalue weighted by Gasteiger charge is -2.30. The molecule has 8 nitrogen and oxygen atoms in total. The van der Waals surface area contributed by atoms with E-state index in [2.05, 4.69) is 15.3 Å². The molecule has 0 aliphatic heterocycles. The smallest absolute Gasteiger partial charge is 0.186 e. The van der Waals surface area contributed by atoms with Crippen molar-refractivity contribution in [2.24, 2.45) is 16.5 Å². The highest BCUT2D eigenvalue weighted by Gasteiger charge is 2.26. The van der Waals surface area contributed by atoms with Gasteiger partial charge in [0.25, 0.3) is 0 Å². The molecule has 4 rings (SSSR count). The van der Waals surface area contributed by atoms with E-state index in [0.29, 0.717) is 5.82 Å². The summed E-state index contributed by atoms with van der Waals surface area (Å²) in [5.41, 5.74) is 13.0. The van der Waals surface area contributed by atoms with E-state index in [4.69, 9.17) is 26.2 Å². The summed E-state index contributed by atoms with van der Waals surface area (Å²) >= 11 is 0. The number of rotatable bonds is 6. The third-order valence-corrected chi connectivity index (χ3v) is 5.38. The fourth-order valence-corrected chi connectivity index (χ4v) is 3.87. The molecular formula is C23H27N7O. The van der Waals surface area contributed by atoms with Crippen molar-refractivity contribution in [1.29, 1.82) is 0 Å². The molecule has 3 aromatic rings. The summed E-state index contributed by atoms with van der Waals surface area (Å²) in [5, 5.41) is 4.49. The van der Waals surface area contributed by atoms with Gasteiger partial charge in [0.15, 0.2) is 11.8 Å². The molecule has 2 atom stereocenters. The largest absolute Gasteiger partial charge is 0.497 e. The molecule has 1 fully saturated rings. The maximum absolute atomic E-state index is 5.67. The van der Waals surface area contributed by atoms with Gasteiger partial charge in [-0.05, 0) is 55.3 Å². The van der Waals surface area contributed by atoms with Crippen LogP contribution in [0.2, 0.25) is 0 Å². The van der Waals surface area contributed by atoms with Gasteiger partial charge in [-0.1, -0.05) is 18.9 Å². The van der Waals surface area contributed by atoms with Crippen molar-refractivity contribution < 1.29 is 4.74 Å². The van der Waals surface area contributed by atoms with E-state index in [1.807, 2.05) is 48.6 Å². The Balaban J connectivity index is 1.72. The van der Waals surface area contributed by atoms with Gasteiger partial charge < -0.3 is 21.5 Å². The van der Waals surface area contributed by atoms with Crippen LogP contribution < -0.4 is 21.5 Å². The van der Waals surface area contributed by atoms with E-state index < -0.39 is 0 Å². The van der Waals surface area contributed by atoms with E-state index >= 15 is 0 Å². The average molecular weight is 418 g/mol. The Kier molecular flexibility index (Phi) is 6.26. The molecule has 0 saturated heterocycles. The summed E-state index contributed by atoms with van der Waals surface area (Å²) in [6, 6.07) is 11.7. The fourth-order valence-electron chi connectivity index (χ4n) is 3.87.